The first-order chi connectivity index (χ1) is 10.1. The molecule has 1 saturated heterocycles. The number of anilines is 1. The number of carbonyl (C=O) groups excluding carboxylic acids is 1. The quantitative estimate of drug-likeness (QED) is 0.798. The number of benzene rings is 1. The molecule has 0 bridgehead atoms. The van der Waals surface area contributed by atoms with Gasteiger partial charge in [-0.2, -0.15) is 0 Å². The zero-order chi connectivity index (χ0) is 14.8. The summed E-state index contributed by atoms with van der Waals surface area (Å²) in [6, 6.07) is 5.96. The molecular formula is C17H24N2O2. The number of likely N-dealkylation sites (tertiary alicyclic amines) is 1. The van der Waals surface area contributed by atoms with Crippen molar-refractivity contribution in [3.8, 4) is 5.75 Å². The number of amides is 1. The summed E-state index contributed by atoms with van der Waals surface area (Å²) in [4.78, 5) is 14.7. The van der Waals surface area contributed by atoms with Crippen molar-refractivity contribution in [1.29, 1.82) is 0 Å². The van der Waals surface area contributed by atoms with E-state index in [0.717, 1.165) is 49.5 Å². The Bertz CT molecular complexity index is 530. The van der Waals surface area contributed by atoms with Gasteiger partial charge in [-0.15, -0.1) is 0 Å². The summed E-state index contributed by atoms with van der Waals surface area (Å²) in [5, 5.41) is 3.04. The second-order valence-electron chi connectivity index (χ2n) is 6.46. The van der Waals surface area contributed by atoms with Crippen LogP contribution in [-0.2, 0) is 4.79 Å². The minimum Gasteiger partial charge on any atom is -0.491 e. The Morgan fingerprint density at radius 2 is 2.14 bits per heavy atom. The van der Waals surface area contributed by atoms with Crippen LogP contribution in [0.15, 0.2) is 18.2 Å². The van der Waals surface area contributed by atoms with Crippen LogP contribution in [0.3, 0.4) is 0 Å². The lowest BCUT2D eigenvalue weighted by molar-refractivity contribution is -0.118. The summed E-state index contributed by atoms with van der Waals surface area (Å²) >= 11 is 0. The van der Waals surface area contributed by atoms with Crippen molar-refractivity contribution in [1.82, 2.24) is 4.90 Å². The molecule has 1 fully saturated rings. The average Bonchev–Trinajstić information content (AvgIpc) is 2.43. The predicted octanol–water partition coefficient (Wildman–Crippen LogP) is 2.67. The fourth-order valence-electron chi connectivity index (χ4n) is 3.49. The maximum atomic E-state index is 12.3. The van der Waals surface area contributed by atoms with Crippen molar-refractivity contribution < 1.29 is 9.53 Å². The number of hydrogen-bond acceptors (Lipinski definition) is 3. The minimum absolute atomic E-state index is 0.118. The Balaban J connectivity index is 1.81. The third-order valence-corrected chi connectivity index (χ3v) is 4.70. The van der Waals surface area contributed by atoms with Gasteiger partial charge in [-0.25, -0.2) is 0 Å². The van der Waals surface area contributed by atoms with E-state index in [1.165, 1.54) is 0 Å². The largest absolute Gasteiger partial charge is 0.491 e. The molecule has 0 aromatic heterocycles. The topological polar surface area (TPSA) is 41.6 Å². The first kappa shape index (κ1) is 14.4. The summed E-state index contributed by atoms with van der Waals surface area (Å²) in [5.74, 6) is 1.95. The van der Waals surface area contributed by atoms with E-state index in [1.807, 2.05) is 25.1 Å². The number of ether oxygens (including phenoxy) is 1. The maximum Gasteiger partial charge on any atom is 0.224 e. The van der Waals surface area contributed by atoms with E-state index >= 15 is 0 Å². The van der Waals surface area contributed by atoms with Gasteiger partial charge >= 0.3 is 0 Å². The van der Waals surface area contributed by atoms with Gasteiger partial charge in [0, 0.05) is 13.0 Å². The van der Waals surface area contributed by atoms with Crippen LogP contribution in [0.2, 0.25) is 0 Å². The van der Waals surface area contributed by atoms with E-state index in [-0.39, 0.29) is 5.91 Å². The average molecular weight is 288 g/mol. The Morgan fingerprint density at radius 3 is 3.00 bits per heavy atom. The number of nitrogens with zero attached hydrogens (tertiary/aromatic N) is 1. The van der Waals surface area contributed by atoms with E-state index in [0.29, 0.717) is 18.3 Å². The van der Waals surface area contributed by atoms with Gasteiger partial charge in [0.15, 0.2) is 0 Å². The van der Waals surface area contributed by atoms with Gasteiger partial charge in [0.25, 0.3) is 0 Å². The lowest BCUT2D eigenvalue weighted by Gasteiger charge is -2.37. The molecule has 2 atom stereocenters. The SMILES string of the molecule is Cc1ccc2c(c1)NC(=O)C[C@@H]1CCN(C)C[C@@H]1CCO2. The van der Waals surface area contributed by atoms with Crippen LogP contribution in [-0.4, -0.2) is 37.6 Å². The van der Waals surface area contributed by atoms with Crippen LogP contribution in [0.1, 0.15) is 24.8 Å². The summed E-state index contributed by atoms with van der Waals surface area (Å²) < 4.78 is 5.92. The maximum absolute atomic E-state index is 12.3. The smallest absolute Gasteiger partial charge is 0.224 e. The zero-order valence-corrected chi connectivity index (χ0v) is 12.9. The third-order valence-electron chi connectivity index (χ3n) is 4.70. The van der Waals surface area contributed by atoms with Gasteiger partial charge in [-0.3, -0.25) is 4.79 Å². The molecule has 1 N–H and O–H groups in total. The highest BCUT2D eigenvalue weighted by Gasteiger charge is 2.30. The number of rotatable bonds is 0. The standard InChI is InChI=1S/C17H24N2O2/c1-12-3-4-16-15(9-12)18-17(20)10-13-5-7-19(2)11-14(13)6-8-21-16/h3-4,9,13-14H,5-8,10-11H2,1-2H3,(H,18,20)/t13-,14-/m0/s1. The summed E-state index contributed by atoms with van der Waals surface area (Å²) in [7, 11) is 2.16. The van der Waals surface area contributed by atoms with Gasteiger partial charge in [0.2, 0.25) is 5.91 Å². The molecule has 2 heterocycles. The number of hydrogen-bond donors (Lipinski definition) is 1. The molecular weight excluding hydrogens is 264 g/mol. The summed E-state index contributed by atoms with van der Waals surface area (Å²) in [6.07, 6.45) is 2.76. The van der Waals surface area contributed by atoms with E-state index in [2.05, 4.69) is 17.3 Å². The summed E-state index contributed by atoms with van der Waals surface area (Å²) in [5.41, 5.74) is 1.94. The number of piperidine rings is 1. The zero-order valence-electron chi connectivity index (χ0n) is 12.9. The molecule has 0 unspecified atom stereocenters. The Kier molecular flexibility index (Phi) is 4.15. The number of nitrogens with one attached hydrogen (secondary N) is 1. The number of carbonyl (C=O) groups is 1. The predicted molar refractivity (Wildman–Crippen MR) is 83.6 cm³/mol. The van der Waals surface area contributed by atoms with Crippen LogP contribution >= 0.6 is 0 Å². The number of aryl methyl sites for hydroxylation is 1. The van der Waals surface area contributed by atoms with Crippen LogP contribution in [0.4, 0.5) is 5.69 Å². The molecule has 0 radical (unpaired) electrons. The molecule has 1 amide bonds. The van der Waals surface area contributed by atoms with Crippen LogP contribution in [0.5, 0.6) is 5.75 Å². The highest BCUT2D eigenvalue weighted by Crippen LogP contribution is 2.32. The molecule has 1 aromatic rings. The highest BCUT2D eigenvalue weighted by atomic mass is 16.5. The normalized spacial score (nSPS) is 27.0. The molecule has 2 aliphatic heterocycles. The van der Waals surface area contributed by atoms with Crippen molar-refractivity contribution in [3.63, 3.8) is 0 Å². The minimum atomic E-state index is 0.118. The van der Waals surface area contributed by atoms with Gasteiger partial charge in [0.1, 0.15) is 5.75 Å². The Hall–Kier alpha value is -1.55. The Morgan fingerprint density at radius 1 is 1.29 bits per heavy atom. The molecule has 21 heavy (non-hydrogen) atoms. The lowest BCUT2D eigenvalue weighted by Crippen LogP contribution is -2.40. The monoisotopic (exact) mass is 288 g/mol. The molecule has 2 aliphatic rings. The van der Waals surface area contributed by atoms with Crippen molar-refractivity contribution in [2.45, 2.75) is 26.2 Å². The van der Waals surface area contributed by atoms with E-state index in [1.54, 1.807) is 0 Å². The van der Waals surface area contributed by atoms with Gasteiger partial charge in [0.05, 0.1) is 12.3 Å². The second kappa shape index (κ2) is 6.06. The molecule has 0 aliphatic carbocycles. The number of fused-ring (bicyclic) bond motifs is 2. The van der Waals surface area contributed by atoms with E-state index in [4.69, 9.17) is 4.74 Å². The summed E-state index contributed by atoms with van der Waals surface area (Å²) in [6.45, 7) is 4.91. The lowest BCUT2D eigenvalue weighted by atomic mass is 9.81. The van der Waals surface area contributed by atoms with Crippen molar-refractivity contribution >= 4 is 11.6 Å². The van der Waals surface area contributed by atoms with Gasteiger partial charge < -0.3 is 15.0 Å². The van der Waals surface area contributed by atoms with E-state index in [9.17, 15) is 4.79 Å². The van der Waals surface area contributed by atoms with Crippen molar-refractivity contribution in [2.75, 3.05) is 32.1 Å². The van der Waals surface area contributed by atoms with Gasteiger partial charge in [-0.1, -0.05) is 6.07 Å². The van der Waals surface area contributed by atoms with Crippen LogP contribution in [0, 0.1) is 18.8 Å². The van der Waals surface area contributed by atoms with Gasteiger partial charge in [-0.05, 0) is 62.9 Å². The molecule has 4 nitrogen and oxygen atoms in total. The molecule has 1 aromatic carbocycles. The second-order valence-corrected chi connectivity index (χ2v) is 6.46. The van der Waals surface area contributed by atoms with Crippen LogP contribution in [0.25, 0.3) is 0 Å². The Labute approximate surface area is 126 Å². The van der Waals surface area contributed by atoms with E-state index < -0.39 is 0 Å². The van der Waals surface area contributed by atoms with Crippen molar-refractivity contribution in [2.24, 2.45) is 11.8 Å². The van der Waals surface area contributed by atoms with Crippen LogP contribution < -0.4 is 10.1 Å². The fourth-order valence-corrected chi connectivity index (χ4v) is 3.49. The molecule has 0 saturated carbocycles. The molecule has 4 heteroatoms. The molecule has 3 rings (SSSR count). The molecule has 0 spiro atoms. The third kappa shape index (κ3) is 3.38. The van der Waals surface area contributed by atoms with Crippen molar-refractivity contribution in [3.05, 3.63) is 23.8 Å². The highest BCUT2D eigenvalue weighted by molar-refractivity contribution is 5.92. The fraction of sp³-hybridized carbons (Fsp3) is 0.588. The first-order valence-electron chi connectivity index (χ1n) is 7.83. The molecule has 114 valence electrons. The first-order valence-corrected chi connectivity index (χ1v) is 7.83.